The molecule has 1 unspecified atom stereocenters. The van der Waals surface area contributed by atoms with Crippen molar-refractivity contribution in [2.45, 2.75) is 12.7 Å². The smallest absolute Gasteiger partial charge is 0.138 e. The van der Waals surface area contributed by atoms with E-state index in [4.69, 9.17) is 9.47 Å². The monoisotopic (exact) mass is 372 g/mol. The van der Waals surface area contributed by atoms with Crippen LogP contribution >= 0.6 is 0 Å². The van der Waals surface area contributed by atoms with E-state index in [2.05, 4.69) is 9.80 Å². The summed E-state index contributed by atoms with van der Waals surface area (Å²) in [4.78, 5) is 4.41. The fourth-order valence-corrected chi connectivity index (χ4v) is 3.33. The number of hydrogen-bond acceptors (Lipinski definition) is 6. The zero-order valence-corrected chi connectivity index (χ0v) is 15.8. The van der Waals surface area contributed by atoms with Gasteiger partial charge in [-0.25, -0.2) is 0 Å². The van der Waals surface area contributed by atoms with Crippen molar-refractivity contribution >= 4 is 5.69 Å². The lowest BCUT2D eigenvalue weighted by Gasteiger charge is -2.37. The number of β-amino-alcohol motifs (C(OH)–C–C–N with tert-alkyl or cyclic N) is 1. The number of aliphatic hydroxyl groups excluding tert-OH is 1. The number of anilines is 1. The number of aromatic hydroxyl groups is 1. The molecule has 0 radical (unpaired) electrons. The summed E-state index contributed by atoms with van der Waals surface area (Å²) in [5.41, 5.74) is 1.90. The van der Waals surface area contributed by atoms with Crippen LogP contribution in [0.5, 0.6) is 11.5 Å². The maximum absolute atomic E-state index is 10.3. The zero-order valence-electron chi connectivity index (χ0n) is 15.8. The zero-order chi connectivity index (χ0) is 19.1. The van der Waals surface area contributed by atoms with Crippen molar-refractivity contribution in [2.75, 3.05) is 51.3 Å². The number of ether oxygens (including phenoxy) is 2. The second kappa shape index (κ2) is 9.60. The van der Waals surface area contributed by atoms with E-state index < -0.39 is 6.10 Å². The summed E-state index contributed by atoms with van der Waals surface area (Å²) in [5.74, 6) is 1.12. The molecule has 1 saturated heterocycles. The Labute approximate surface area is 160 Å². The predicted octanol–water partition coefficient (Wildman–Crippen LogP) is 2.10. The highest BCUT2D eigenvalue weighted by molar-refractivity contribution is 5.57. The number of para-hydroxylation sites is 2. The highest BCUT2D eigenvalue weighted by Gasteiger charge is 2.20. The summed E-state index contributed by atoms with van der Waals surface area (Å²) in [6, 6.07) is 15.2. The van der Waals surface area contributed by atoms with Crippen molar-refractivity contribution in [3.63, 3.8) is 0 Å². The van der Waals surface area contributed by atoms with Gasteiger partial charge in [0.25, 0.3) is 0 Å². The fraction of sp³-hybridized carbons (Fsp3) is 0.429. The molecule has 146 valence electrons. The van der Waals surface area contributed by atoms with Crippen molar-refractivity contribution in [3.05, 3.63) is 54.1 Å². The first-order valence-corrected chi connectivity index (χ1v) is 9.30. The van der Waals surface area contributed by atoms with Crippen LogP contribution in [0.4, 0.5) is 5.69 Å². The average molecular weight is 372 g/mol. The Kier molecular flexibility index (Phi) is 6.92. The first kappa shape index (κ1) is 19.5. The van der Waals surface area contributed by atoms with Crippen LogP contribution in [-0.2, 0) is 11.3 Å². The van der Waals surface area contributed by atoms with Gasteiger partial charge in [-0.05, 0) is 29.8 Å². The van der Waals surface area contributed by atoms with Gasteiger partial charge in [-0.1, -0.05) is 24.3 Å². The third kappa shape index (κ3) is 5.60. The highest BCUT2D eigenvalue weighted by atomic mass is 16.5. The molecule has 6 heteroatoms. The van der Waals surface area contributed by atoms with Gasteiger partial charge in [-0.2, -0.15) is 0 Å². The molecule has 2 aromatic rings. The maximum atomic E-state index is 10.3. The van der Waals surface area contributed by atoms with Crippen LogP contribution in [0.3, 0.4) is 0 Å². The Hall–Kier alpha value is -2.28. The molecule has 1 aliphatic rings. The molecule has 1 atom stereocenters. The molecule has 3 rings (SSSR count). The Bertz CT molecular complexity index is 717. The minimum absolute atomic E-state index is 0.302. The Morgan fingerprint density at radius 1 is 1.04 bits per heavy atom. The molecule has 2 N–H and O–H groups in total. The second-order valence-corrected chi connectivity index (χ2v) is 6.80. The Morgan fingerprint density at radius 2 is 1.81 bits per heavy atom. The van der Waals surface area contributed by atoms with Crippen LogP contribution in [-0.4, -0.2) is 67.7 Å². The number of methoxy groups -OCH3 is 1. The number of piperazine rings is 1. The van der Waals surface area contributed by atoms with Crippen molar-refractivity contribution in [3.8, 4) is 11.5 Å². The Morgan fingerprint density at radius 3 is 2.56 bits per heavy atom. The largest absolute Gasteiger partial charge is 0.506 e. The molecule has 0 saturated carbocycles. The van der Waals surface area contributed by atoms with Crippen LogP contribution in [0.1, 0.15) is 5.56 Å². The molecule has 1 aliphatic heterocycles. The van der Waals surface area contributed by atoms with E-state index in [1.165, 1.54) is 0 Å². The fourth-order valence-electron chi connectivity index (χ4n) is 3.33. The normalized spacial score (nSPS) is 16.3. The van der Waals surface area contributed by atoms with Crippen molar-refractivity contribution in [1.82, 2.24) is 4.90 Å². The number of phenolic OH excluding ortho intramolecular Hbond substituents is 1. The number of rotatable bonds is 8. The summed E-state index contributed by atoms with van der Waals surface area (Å²) in [5, 5.41) is 20.2. The van der Waals surface area contributed by atoms with Crippen LogP contribution in [0.15, 0.2) is 48.5 Å². The number of nitrogens with zero attached hydrogens (tertiary/aromatic N) is 2. The van der Waals surface area contributed by atoms with Gasteiger partial charge in [0.15, 0.2) is 0 Å². The van der Waals surface area contributed by atoms with E-state index in [0.29, 0.717) is 25.5 Å². The quantitative estimate of drug-likeness (QED) is 0.740. The molecule has 0 bridgehead atoms. The molecule has 1 fully saturated rings. The molecule has 0 amide bonds. The number of phenols is 1. The molecule has 2 aromatic carbocycles. The number of aliphatic hydroxyl groups is 1. The molecular formula is C21H28N2O4. The molecule has 0 aromatic heterocycles. The van der Waals surface area contributed by atoms with Gasteiger partial charge in [-0.15, -0.1) is 0 Å². The molecule has 0 aliphatic carbocycles. The summed E-state index contributed by atoms with van der Waals surface area (Å²) in [6.45, 7) is 4.70. The highest BCUT2D eigenvalue weighted by Crippen LogP contribution is 2.27. The first-order valence-electron chi connectivity index (χ1n) is 9.30. The van der Waals surface area contributed by atoms with Gasteiger partial charge >= 0.3 is 0 Å². The van der Waals surface area contributed by atoms with Gasteiger partial charge in [0.1, 0.15) is 11.5 Å². The molecule has 1 heterocycles. The molecule has 27 heavy (non-hydrogen) atoms. The van der Waals surface area contributed by atoms with E-state index in [0.717, 1.165) is 43.2 Å². The van der Waals surface area contributed by atoms with Gasteiger partial charge in [0.2, 0.25) is 0 Å². The lowest BCUT2D eigenvalue weighted by atomic mass is 10.2. The second-order valence-electron chi connectivity index (χ2n) is 6.80. The summed E-state index contributed by atoms with van der Waals surface area (Å²) < 4.78 is 10.9. The number of hydrogen-bond donors (Lipinski definition) is 2. The van der Waals surface area contributed by atoms with Crippen LogP contribution in [0, 0.1) is 0 Å². The maximum Gasteiger partial charge on any atom is 0.138 e. The van der Waals surface area contributed by atoms with Gasteiger partial charge in [-0.3, -0.25) is 4.90 Å². The topological polar surface area (TPSA) is 65.4 Å². The lowest BCUT2D eigenvalue weighted by molar-refractivity contribution is 0.00909. The van der Waals surface area contributed by atoms with Crippen molar-refractivity contribution in [2.24, 2.45) is 0 Å². The van der Waals surface area contributed by atoms with Crippen LogP contribution in [0.25, 0.3) is 0 Å². The standard InChI is InChI=1S/C21H28N2O4/c1-26-19-6-4-5-17(13-19)15-27-16-18(24)14-22-9-11-23(12-10-22)20-7-2-3-8-21(20)25/h2-8,13,18,24-25H,9-12,14-16H2,1H3. The summed E-state index contributed by atoms with van der Waals surface area (Å²) in [6.07, 6.45) is -0.521. The molecule has 6 nitrogen and oxygen atoms in total. The average Bonchev–Trinajstić information content (AvgIpc) is 2.69. The lowest BCUT2D eigenvalue weighted by Crippen LogP contribution is -2.49. The van der Waals surface area contributed by atoms with Gasteiger partial charge in [0.05, 0.1) is 32.1 Å². The van der Waals surface area contributed by atoms with Crippen molar-refractivity contribution in [1.29, 1.82) is 0 Å². The molecule has 0 spiro atoms. The predicted molar refractivity (Wildman–Crippen MR) is 105 cm³/mol. The van der Waals surface area contributed by atoms with E-state index >= 15 is 0 Å². The minimum atomic E-state index is -0.521. The van der Waals surface area contributed by atoms with E-state index in [9.17, 15) is 10.2 Å². The summed E-state index contributed by atoms with van der Waals surface area (Å²) in [7, 11) is 1.64. The van der Waals surface area contributed by atoms with Crippen molar-refractivity contribution < 1.29 is 19.7 Å². The number of benzene rings is 2. The third-order valence-corrected chi connectivity index (χ3v) is 4.78. The van der Waals surface area contributed by atoms with E-state index in [-0.39, 0.29) is 0 Å². The van der Waals surface area contributed by atoms with E-state index in [1.807, 2.05) is 42.5 Å². The minimum Gasteiger partial charge on any atom is -0.506 e. The Balaban J connectivity index is 1.38. The van der Waals surface area contributed by atoms with Gasteiger partial charge in [0, 0.05) is 32.7 Å². The van der Waals surface area contributed by atoms with E-state index in [1.54, 1.807) is 13.2 Å². The van der Waals surface area contributed by atoms with Crippen LogP contribution in [0.2, 0.25) is 0 Å². The summed E-state index contributed by atoms with van der Waals surface area (Å²) >= 11 is 0. The first-order chi connectivity index (χ1) is 13.2. The van der Waals surface area contributed by atoms with Crippen LogP contribution < -0.4 is 9.64 Å². The molecular weight excluding hydrogens is 344 g/mol. The third-order valence-electron chi connectivity index (χ3n) is 4.78. The SMILES string of the molecule is COc1cccc(COCC(O)CN2CCN(c3ccccc3O)CC2)c1. The van der Waals surface area contributed by atoms with Gasteiger partial charge < -0.3 is 24.6 Å².